The smallest absolute Gasteiger partial charge is 0.287 e. The third kappa shape index (κ3) is 16.8. The molecule has 0 aliphatic carbocycles. The summed E-state index contributed by atoms with van der Waals surface area (Å²) in [7, 11) is 0. The van der Waals surface area contributed by atoms with Gasteiger partial charge in [0.2, 0.25) is 0 Å². The molecule has 0 amide bonds. The van der Waals surface area contributed by atoms with Gasteiger partial charge in [0, 0.05) is 0 Å². The Morgan fingerprint density at radius 2 is 1.35 bits per heavy atom. The van der Waals surface area contributed by atoms with Crippen molar-refractivity contribution in [2.45, 2.75) is 85.0 Å². The quantitative estimate of drug-likeness (QED) is 0.210. The van der Waals surface area contributed by atoms with E-state index >= 15 is 0 Å². The number of unbranched alkanes of at least 4 members (excludes halogenated alkanes) is 7. The van der Waals surface area contributed by atoms with Crippen LogP contribution in [0, 0.1) is 11.8 Å². The zero-order valence-electron chi connectivity index (χ0n) is 15.5. The minimum Gasteiger partial charge on any atom is -0.465 e. The second-order valence-electron chi connectivity index (χ2n) is 5.76. The van der Waals surface area contributed by atoms with Crippen LogP contribution >= 0.6 is 0 Å². The van der Waals surface area contributed by atoms with Gasteiger partial charge < -0.3 is 9.47 Å². The zero-order valence-corrected chi connectivity index (χ0v) is 15.5. The summed E-state index contributed by atoms with van der Waals surface area (Å²) in [5.74, 6) is 6.58. The minimum absolute atomic E-state index is 0.578. The third-order valence-electron chi connectivity index (χ3n) is 3.41. The highest BCUT2D eigenvalue weighted by Gasteiger charge is 1.99. The first-order valence-electron chi connectivity index (χ1n) is 9.46. The Labute approximate surface area is 144 Å². The van der Waals surface area contributed by atoms with Crippen molar-refractivity contribution >= 4 is 0 Å². The summed E-state index contributed by atoms with van der Waals surface area (Å²) in [6, 6.07) is 0. The van der Waals surface area contributed by atoms with Crippen molar-refractivity contribution in [1.29, 1.82) is 0 Å². The van der Waals surface area contributed by atoms with Crippen molar-refractivity contribution in [3.63, 3.8) is 0 Å². The van der Waals surface area contributed by atoms with Gasteiger partial charge in [-0.05, 0) is 25.3 Å². The molecule has 0 aliphatic heterocycles. The van der Waals surface area contributed by atoms with Crippen LogP contribution in [0.25, 0.3) is 0 Å². The van der Waals surface area contributed by atoms with E-state index < -0.39 is 0 Å². The molecule has 0 aromatic rings. The molecule has 0 spiro atoms. The molecule has 0 saturated heterocycles. The standard InChI is InChI=1S/C21H36O2/c1-4-7-10-13-14-15-18-21(22-19-16-11-8-5-2)23-20-17-12-9-6-3/h10,13,18H,4-9,11-12,16-17,19-20H2,1-3H3/b13-10+. The number of hydrogen-bond acceptors (Lipinski definition) is 2. The molecule has 132 valence electrons. The molecular formula is C21H36O2. The van der Waals surface area contributed by atoms with E-state index in [2.05, 4.69) is 38.7 Å². The maximum Gasteiger partial charge on any atom is 0.287 e. The van der Waals surface area contributed by atoms with Crippen molar-refractivity contribution < 1.29 is 9.47 Å². The molecule has 0 radical (unpaired) electrons. The lowest BCUT2D eigenvalue weighted by Crippen LogP contribution is -2.01. The van der Waals surface area contributed by atoms with Crippen molar-refractivity contribution in [3.8, 4) is 11.8 Å². The average Bonchev–Trinajstić information content (AvgIpc) is 2.56. The lowest BCUT2D eigenvalue weighted by Gasteiger charge is -2.11. The number of ether oxygens (including phenoxy) is 2. The van der Waals surface area contributed by atoms with Gasteiger partial charge in [-0.3, -0.25) is 0 Å². The largest absolute Gasteiger partial charge is 0.465 e. The Morgan fingerprint density at radius 3 is 1.87 bits per heavy atom. The molecule has 0 unspecified atom stereocenters. The Morgan fingerprint density at radius 1 is 0.739 bits per heavy atom. The second kappa shape index (κ2) is 18.7. The molecule has 0 aliphatic rings. The van der Waals surface area contributed by atoms with Crippen molar-refractivity contribution in [2.24, 2.45) is 0 Å². The van der Waals surface area contributed by atoms with Crippen LogP contribution in [0.1, 0.15) is 85.0 Å². The van der Waals surface area contributed by atoms with Crippen molar-refractivity contribution in [1.82, 2.24) is 0 Å². The molecule has 0 saturated carbocycles. The van der Waals surface area contributed by atoms with Gasteiger partial charge in [0.25, 0.3) is 5.95 Å². The first kappa shape index (κ1) is 21.6. The zero-order chi connectivity index (χ0) is 17.0. The Balaban J connectivity index is 4.18. The molecule has 0 fully saturated rings. The number of allylic oxidation sites excluding steroid dienone is 3. The van der Waals surface area contributed by atoms with E-state index in [0.29, 0.717) is 19.2 Å². The highest BCUT2D eigenvalue weighted by atomic mass is 16.7. The lowest BCUT2D eigenvalue weighted by molar-refractivity contribution is 0.0326. The van der Waals surface area contributed by atoms with Gasteiger partial charge in [0.15, 0.2) is 0 Å². The molecule has 0 rings (SSSR count). The van der Waals surface area contributed by atoms with Crippen molar-refractivity contribution in [2.75, 3.05) is 13.2 Å². The summed E-state index contributed by atoms with van der Waals surface area (Å²) in [6.07, 6.45) is 17.6. The second-order valence-corrected chi connectivity index (χ2v) is 5.76. The first-order chi connectivity index (χ1) is 11.3. The van der Waals surface area contributed by atoms with Crippen LogP contribution in [0.15, 0.2) is 24.2 Å². The van der Waals surface area contributed by atoms with Crippen LogP contribution in [-0.2, 0) is 9.47 Å². The van der Waals surface area contributed by atoms with Gasteiger partial charge in [-0.2, -0.15) is 0 Å². The summed E-state index contributed by atoms with van der Waals surface area (Å²) < 4.78 is 11.5. The van der Waals surface area contributed by atoms with E-state index in [0.717, 1.165) is 25.7 Å². The SMILES string of the molecule is CCC/C=C/C#CC=C(OCCCCCC)OCCCCCC. The molecule has 0 aromatic carbocycles. The van der Waals surface area contributed by atoms with Crippen LogP contribution < -0.4 is 0 Å². The molecular weight excluding hydrogens is 284 g/mol. The highest BCUT2D eigenvalue weighted by molar-refractivity contribution is 5.23. The Kier molecular flexibility index (Phi) is 17.6. The molecule has 0 aromatic heterocycles. The van der Waals surface area contributed by atoms with E-state index in [1.54, 1.807) is 6.08 Å². The van der Waals surface area contributed by atoms with Crippen LogP contribution in [0.2, 0.25) is 0 Å². The number of hydrogen-bond donors (Lipinski definition) is 0. The van der Waals surface area contributed by atoms with Gasteiger partial charge in [-0.15, -0.1) is 0 Å². The van der Waals surface area contributed by atoms with E-state index in [1.807, 2.05) is 6.08 Å². The molecule has 0 atom stereocenters. The van der Waals surface area contributed by atoms with Crippen LogP contribution in [0.4, 0.5) is 0 Å². The van der Waals surface area contributed by atoms with Crippen molar-refractivity contribution in [3.05, 3.63) is 24.2 Å². The monoisotopic (exact) mass is 320 g/mol. The number of rotatable bonds is 14. The molecule has 2 heteroatoms. The average molecular weight is 321 g/mol. The third-order valence-corrected chi connectivity index (χ3v) is 3.41. The maximum absolute atomic E-state index is 5.74. The molecule has 0 N–H and O–H groups in total. The van der Waals surface area contributed by atoms with Crippen LogP contribution in [0.5, 0.6) is 0 Å². The normalized spacial score (nSPS) is 10.2. The predicted molar refractivity (Wildman–Crippen MR) is 100 cm³/mol. The van der Waals surface area contributed by atoms with E-state index in [1.165, 1.54) is 38.5 Å². The van der Waals surface area contributed by atoms with E-state index in [9.17, 15) is 0 Å². The Hall–Kier alpha value is -1.36. The molecule has 0 heterocycles. The summed E-state index contributed by atoms with van der Waals surface area (Å²) in [6.45, 7) is 8.03. The van der Waals surface area contributed by atoms with Crippen LogP contribution in [-0.4, -0.2) is 13.2 Å². The fourth-order valence-corrected chi connectivity index (χ4v) is 1.99. The highest BCUT2D eigenvalue weighted by Crippen LogP contribution is 2.07. The predicted octanol–water partition coefficient (Wildman–Crippen LogP) is 6.38. The molecule has 2 nitrogen and oxygen atoms in total. The van der Waals surface area contributed by atoms with Gasteiger partial charge >= 0.3 is 0 Å². The topological polar surface area (TPSA) is 18.5 Å². The summed E-state index contributed by atoms with van der Waals surface area (Å²) in [4.78, 5) is 0. The maximum atomic E-state index is 5.74. The first-order valence-corrected chi connectivity index (χ1v) is 9.46. The Bertz CT molecular complexity index is 342. The van der Waals surface area contributed by atoms with Gasteiger partial charge in [0.05, 0.1) is 19.3 Å². The summed E-state index contributed by atoms with van der Waals surface area (Å²) >= 11 is 0. The van der Waals surface area contributed by atoms with E-state index in [4.69, 9.17) is 9.47 Å². The van der Waals surface area contributed by atoms with Gasteiger partial charge in [-0.1, -0.05) is 83.6 Å². The van der Waals surface area contributed by atoms with Crippen LogP contribution in [0.3, 0.4) is 0 Å². The summed E-state index contributed by atoms with van der Waals surface area (Å²) in [5, 5.41) is 0. The lowest BCUT2D eigenvalue weighted by atomic mass is 10.2. The molecule has 23 heavy (non-hydrogen) atoms. The fourth-order valence-electron chi connectivity index (χ4n) is 1.99. The van der Waals surface area contributed by atoms with Gasteiger partial charge in [0.1, 0.15) is 0 Å². The van der Waals surface area contributed by atoms with E-state index in [-0.39, 0.29) is 0 Å². The fraction of sp³-hybridized carbons (Fsp3) is 0.714. The molecule has 0 bridgehead atoms. The summed E-state index contributed by atoms with van der Waals surface area (Å²) in [5.41, 5.74) is 0. The van der Waals surface area contributed by atoms with Gasteiger partial charge in [-0.25, -0.2) is 0 Å². The minimum atomic E-state index is 0.578.